The minimum atomic E-state index is -1.24. The minimum absolute atomic E-state index is 0.0506. The third-order valence-corrected chi connectivity index (χ3v) is 4.57. The van der Waals surface area contributed by atoms with Crippen molar-refractivity contribution in [1.82, 2.24) is 5.32 Å². The number of rotatable bonds is 10. The van der Waals surface area contributed by atoms with Crippen molar-refractivity contribution in [2.45, 2.75) is 26.0 Å². The van der Waals surface area contributed by atoms with Crippen LogP contribution in [0.5, 0.6) is 11.5 Å². The fourth-order valence-corrected chi connectivity index (χ4v) is 2.68. The lowest BCUT2D eigenvalue weighted by Gasteiger charge is -2.17. The van der Waals surface area contributed by atoms with Crippen molar-refractivity contribution in [3.8, 4) is 11.5 Å². The summed E-state index contributed by atoms with van der Waals surface area (Å²) in [5.74, 6) is -1.22. The molecule has 0 spiro atoms. The van der Waals surface area contributed by atoms with E-state index in [2.05, 4.69) is 10.6 Å². The highest BCUT2D eigenvalue weighted by Crippen LogP contribution is 2.29. The summed E-state index contributed by atoms with van der Waals surface area (Å²) in [5, 5.41) is 15.9. The summed E-state index contributed by atoms with van der Waals surface area (Å²) in [5.41, 5.74) is 0.558. The van der Waals surface area contributed by atoms with E-state index in [1.165, 1.54) is 39.2 Å². The van der Waals surface area contributed by atoms with Crippen LogP contribution in [0.4, 0.5) is 11.4 Å². The highest BCUT2D eigenvalue weighted by atomic mass is 16.6. The second kappa shape index (κ2) is 12.0. The van der Waals surface area contributed by atoms with Crippen LogP contribution in [-0.2, 0) is 19.1 Å². The van der Waals surface area contributed by atoms with Crippen LogP contribution in [0.15, 0.2) is 48.5 Å². The smallest absolute Gasteiger partial charge is 0.329 e. The van der Waals surface area contributed by atoms with Crippen molar-refractivity contribution < 1.29 is 33.5 Å². The van der Waals surface area contributed by atoms with Gasteiger partial charge in [0.15, 0.2) is 6.10 Å². The van der Waals surface area contributed by atoms with Gasteiger partial charge >= 0.3 is 5.97 Å². The van der Waals surface area contributed by atoms with Crippen molar-refractivity contribution in [2.75, 3.05) is 19.5 Å². The number of amides is 2. The van der Waals surface area contributed by atoms with Gasteiger partial charge in [0.05, 0.1) is 24.8 Å². The molecule has 1 unspecified atom stereocenters. The average molecular weight is 471 g/mol. The molecule has 0 aliphatic heterocycles. The van der Waals surface area contributed by atoms with Gasteiger partial charge in [0.25, 0.3) is 11.6 Å². The summed E-state index contributed by atoms with van der Waals surface area (Å²) in [4.78, 5) is 47.2. The molecule has 2 rings (SSSR count). The van der Waals surface area contributed by atoms with Gasteiger partial charge < -0.3 is 24.8 Å². The number of hydrogen-bond acceptors (Lipinski definition) is 8. The number of non-ortho nitro benzene ring substituents is 1. The molecule has 2 atom stereocenters. The van der Waals surface area contributed by atoms with Crippen molar-refractivity contribution in [2.24, 2.45) is 0 Å². The molecule has 0 aliphatic rings. The van der Waals surface area contributed by atoms with Gasteiger partial charge in [-0.2, -0.15) is 0 Å². The van der Waals surface area contributed by atoms with E-state index < -0.39 is 34.9 Å². The van der Waals surface area contributed by atoms with Crippen LogP contribution in [0.1, 0.15) is 19.4 Å². The lowest BCUT2D eigenvalue weighted by atomic mass is 10.2. The Morgan fingerprint density at radius 2 is 1.71 bits per heavy atom. The van der Waals surface area contributed by atoms with E-state index in [0.29, 0.717) is 5.75 Å². The van der Waals surface area contributed by atoms with Gasteiger partial charge in [0, 0.05) is 18.2 Å². The SMILES string of the molecule is COc1ccc(C=CC(=O)N[C@@H](C)C(=O)OC(C)C(=O)Nc2cc([N+](=O)[O-])ccc2OC)cc1. The maximum Gasteiger partial charge on any atom is 0.329 e. The van der Waals surface area contributed by atoms with Crippen molar-refractivity contribution in [3.63, 3.8) is 0 Å². The number of carbonyl (C=O) groups is 3. The first-order valence-electron chi connectivity index (χ1n) is 10.1. The van der Waals surface area contributed by atoms with E-state index in [4.69, 9.17) is 14.2 Å². The molecule has 11 nitrogen and oxygen atoms in total. The molecule has 0 fully saturated rings. The number of nitrogens with zero attached hydrogens (tertiary/aromatic N) is 1. The van der Waals surface area contributed by atoms with Crippen molar-refractivity contribution in [3.05, 3.63) is 64.2 Å². The predicted molar refractivity (Wildman–Crippen MR) is 123 cm³/mol. The van der Waals surface area contributed by atoms with Crippen LogP contribution >= 0.6 is 0 Å². The third-order valence-electron chi connectivity index (χ3n) is 4.57. The zero-order valence-corrected chi connectivity index (χ0v) is 19.1. The normalized spacial score (nSPS) is 12.4. The summed E-state index contributed by atoms with van der Waals surface area (Å²) in [6.07, 6.45) is 1.58. The standard InChI is InChI=1S/C23H25N3O8/c1-14(24-21(27)12-7-16-5-9-18(32-3)10-6-16)23(29)34-15(2)22(28)25-19-13-17(26(30)31)8-11-20(19)33-4/h5-15H,1-4H3,(H,24,27)(H,25,28)/t14-,15?/m0/s1. The molecular weight excluding hydrogens is 446 g/mol. The first kappa shape index (κ1) is 25.8. The quantitative estimate of drug-likeness (QED) is 0.233. The molecule has 2 aromatic rings. The lowest BCUT2D eigenvalue weighted by molar-refractivity contribution is -0.384. The average Bonchev–Trinajstić information content (AvgIpc) is 2.82. The molecule has 0 saturated heterocycles. The van der Waals surface area contributed by atoms with Gasteiger partial charge in [-0.25, -0.2) is 4.79 Å². The number of nitrogens with one attached hydrogen (secondary N) is 2. The highest BCUT2D eigenvalue weighted by molar-refractivity contribution is 5.98. The third kappa shape index (κ3) is 7.33. The second-order valence-corrected chi connectivity index (χ2v) is 7.05. The summed E-state index contributed by atoms with van der Waals surface area (Å²) >= 11 is 0. The minimum Gasteiger partial charge on any atom is -0.497 e. The summed E-state index contributed by atoms with van der Waals surface area (Å²) < 4.78 is 15.3. The van der Waals surface area contributed by atoms with E-state index in [1.807, 2.05) is 0 Å². The summed E-state index contributed by atoms with van der Waals surface area (Å²) in [7, 11) is 2.89. The Labute approximate surface area is 195 Å². The van der Waals surface area contributed by atoms with Crippen LogP contribution < -0.4 is 20.1 Å². The van der Waals surface area contributed by atoms with Crippen molar-refractivity contribution in [1.29, 1.82) is 0 Å². The highest BCUT2D eigenvalue weighted by Gasteiger charge is 2.24. The Balaban J connectivity index is 1.92. The second-order valence-electron chi connectivity index (χ2n) is 7.05. The number of anilines is 1. The van der Waals surface area contributed by atoms with Gasteiger partial charge in [-0.1, -0.05) is 12.1 Å². The first-order chi connectivity index (χ1) is 16.1. The topological polar surface area (TPSA) is 146 Å². The molecular formula is C23H25N3O8. The number of nitro benzene ring substituents is 1. The molecule has 2 N–H and O–H groups in total. The summed E-state index contributed by atoms with van der Waals surface area (Å²) in [6.45, 7) is 2.74. The Morgan fingerprint density at radius 1 is 1.03 bits per heavy atom. The number of esters is 1. The van der Waals surface area contributed by atoms with E-state index in [1.54, 1.807) is 37.5 Å². The zero-order chi connectivity index (χ0) is 25.3. The van der Waals surface area contributed by atoms with Crippen molar-refractivity contribution >= 4 is 35.2 Å². The molecule has 2 aromatic carbocycles. The van der Waals surface area contributed by atoms with Gasteiger partial charge in [-0.05, 0) is 43.7 Å². The Hall–Kier alpha value is -4.41. The Kier molecular flexibility index (Phi) is 9.12. The number of methoxy groups -OCH3 is 2. The van der Waals surface area contributed by atoms with Gasteiger partial charge in [0.1, 0.15) is 17.5 Å². The predicted octanol–water partition coefficient (Wildman–Crippen LogP) is 2.70. The Morgan fingerprint density at radius 3 is 2.29 bits per heavy atom. The molecule has 2 amide bonds. The number of carbonyl (C=O) groups excluding carboxylic acids is 3. The van der Waals surface area contributed by atoms with Gasteiger partial charge in [-0.15, -0.1) is 0 Å². The van der Waals surface area contributed by atoms with Crippen LogP contribution in [0.2, 0.25) is 0 Å². The molecule has 34 heavy (non-hydrogen) atoms. The maximum absolute atomic E-state index is 12.4. The molecule has 0 radical (unpaired) electrons. The van der Waals surface area contributed by atoms with Crippen LogP contribution in [0.3, 0.4) is 0 Å². The number of benzene rings is 2. The fraction of sp³-hybridized carbons (Fsp3) is 0.261. The van der Waals surface area contributed by atoms with E-state index in [-0.39, 0.29) is 17.1 Å². The molecule has 0 saturated carbocycles. The zero-order valence-electron chi connectivity index (χ0n) is 19.1. The van der Waals surface area contributed by atoms with E-state index in [0.717, 1.165) is 11.6 Å². The number of hydrogen-bond donors (Lipinski definition) is 2. The first-order valence-corrected chi connectivity index (χ1v) is 10.1. The Bertz CT molecular complexity index is 1080. The van der Waals surface area contributed by atoms with E-state index in [9.17, 15) is 24.5 Å². The molecule has 180 valence electrons. The molecule has 0 aliphatic carbocycles. The molecule has 11 heteroatoms. The van der Waals surface area contributed by atoms with Crippen LogP contribution in [-0.4, -0.2) is 49.1 Å². The lowest BCUT2D eigenvalue weighted by Crippen LogP contribution is -2.41. The molecule has 0 bridgehead atoms. The summed E-state index contributed by atoms with van der Waals surface area (Å²) in [6, 6.07) is 9.67. The fourth-order valence-electron chi connectivity index (χ4n) is 2.68. The molecule has 0 heterocycles. The number of nitro groups is 1. The number of ether oxygens (including phenoxy) is 3. The molecule has 0 aromatic heterocycles. The monoisotopic (exact) mass is 471 g/mol. The van der Waals surface area contributed by atoms with Crippen LogP contribution in [0.25, 0.3) is 6.08 Å². The maximum atomic E-state index is 12.4. The van der Waals surface area contributed by atoms with Gasteiger partial charge in [-0.3, -0.25) is 19.7 Å². The van der Waals surface area contributed by atoms with Crippen LogP contribution in [0, 0.1) is 10.1 Å². The van der Waals surface area contributed by atoms with E-state index >= 15 is 0 Å². The largest absolute Gasteiger partial charge is 0.497 e. The van der Waals surface area contributed by atoms with Gasteiger partial charge in [0.2, 0.25) is 5.91 Å².